The molecule has 2 saturated heterocycles. The van der Waals surface area contributed by atoms with Crippen LogP contribution in [-0.2, 0) is 37.1 Å². The van der Waals surface area contributed by atoms with Crippen LogP contribution in [0.2, 0.25) is 0 Å². The Morgan fingerprint density at radius 1 is 1.11 bits per heavy atom. The second-order valence-electron chi connectivity index (χ2n) is 7.45. The summed E-state index contributed by atoms with van der Waals surface area (Å²) in [6.45, 7) is 5.85. The lowest BCUT2D eigenvalue weighted by Gasteiger charge is -2.37. The van der Waals surface area contributed by atoms with Crippen LogP contribution in [0.5, 0.6) is 0 Å². The van der Waals surface area contributed by atoms with Gasteiger partial charge in [0.1, 0.15) is 25.9 Å². The molecule has 2 heterocycles. The van der Waals surface area contributed by atoms with Crippen molar-refractivity contribution >= 4 is 23.8 Å². The summed E-state index contributed by atoms with van der Waals surface area (Å²) in [4.78, 5) is 11.0. The molecule has 0 N–H and O–H groups in total. The molecule has 2 rings (SSSR count). The van der Waals surface area contributed by atoms with Crippen LogP contribution in [0.25, 0.3) is 0 Å². The lowest BCUT2D eigenvalue weighted by Crippen LogP contribution is -2.58. The Kier molecular flexibility index (Phi) is 8.02. The number of ether oxygens (including phenoxy) is 4. The van der Waals surface area contributed by atoms with Crippen molar-refractivity contribution in [1.29, 1.82) is 0 Å². The normalized spacial score (nSPS) is 28.0. The Bertz CT molecular complexity index is 591. The van der Waals surface area contributed by atoms with E-state index < -0.39 is 42.6 Å². The van der Waals surface area contributed by atoms with Gasteiger partial charge in [-0.15, -0.1) is 0 Å². The summed E-state index contributed by atoms with van der Waals surface area (Å²) in [6, 6.07) is 0. The number of nitrogens with zero attached hydrogens (tertiary/aromatic N) is 1. The molecule has 0 aromatic heterocycles. The molecule has 2 aliphatic rings. The van der Waals surface area contributed by atoms with Gasteiger partial charge in [0, 0.05) is 10.3 Å². The van der Waals surface area contributed by atoms with Gasteiger partial charge < -0.3 is 18.9 Å². The third-order valence-corrected chi connectivity index (χ3v) is 5.80. The van der Waals surface area contributed by atoms with Crippen LogP contribution in [0.3, 0.4) is 0 Å². The van der Waals surface area contributed by atoms with Crippen molar-refractivity contribution < 1.29 is 42.0 Å². The second-order valence-corrected chi connectivity index (χ2v) is 9.91. The monoisotopic (exact) mass is 491 g/mol. The molecule has 0 aliphatic carbocycles. The minimum absolute atomic E-state index is 0.0241. The Hall–Kier alpha value is -0.170. The number of rotatable bonds is 10. The van der Waals surface area contributed by atoms with Crippen molar-refractivity contribution in [3.8, 4) is 0 Å². The van der Waals surface area contributed by atoms with Gasteiger partial charge in [-0.1, -0.05) is 15.9 Å². The van der Waals surface area contributed by atoms with E-state index in [0.29, 0.717) is 5.33 Å². The van der Waals surface area contributed by atoms with Crippen LogP contribution in [0.1, 0.15) is 27.7 Å². The predicted octanol–water partition coefficient (Wildman–Crippen LogP) is 2.49. The average Bonchev–Trinajstić information content (AvgIpc) is 2.97. The van der Waals surface area contributed by atoms with E-state index in [1.165, 1.54) is 0 Å². The molecule has 0 radical (unpaired) electrons. The molecular weight excluding hydrogens is 465 g/mol. The van der Waals surface area contributed by atoms with Crippen LogP contribution in [-0.4, -0.2) is 73.1 Å². The molecule has 0 spiro atoms. The SMILES string of the molecule is CC1(C)OCC(COP(=O)(OCCBr)OCC2COC(C)(C)O2)([N+](=O)[O-])CO1. The van der Waals surface area contributed by atoms with E-state index in [4.69, 9.17) is 32.5 Å². The number of alkyl halides is 1. The zero-order valence-corrected chi connectivity index (χ0v) is 18.9. The molecule has 11 nitrogen and oxygen atoms in total. The fraction of sp³-hybridized carbons (Fsp3) is 1.00. The number of hydrogen-bond donors (Lipinski definition) is 0. The second kappa shape index (κ2) is 9.32. The standard InChI is InChI=1S/C15H27BrNO10P/c1-13(2)22-9-15(10-23-13,17(18)19)11-26-28(20,24-6-5-16)25-8-12-7-21-14(3,4)27-12/h12H,5-11H2,1-4H3. The number of phosphoric ester groups is 1. The molecule has 0 amide bonds. The molecule has 0 aromatic carbocycles. The topological polar surface area (TPSA) is 125 Å². The maximum absolute atomic E-state index is 12.9. The van der Waals surface area contributed by atoms with Crippen molar-refractivity contribution in [1.82, 2.24) is 0 Å². The molecule has 28 heavy (non-hydrogen) atoms. The van der Waals surface area contributed by atoms with Gasteiger partial charge >= 0.3 is 7.82 Å². The molecule has 0 bridgehead atoms. The quantitative estimate of drug-likeness (QED) is 0.194. The van der Waals surface area contributed by atoms with E-state index in [1.807, 2.05) is 0 Å². The molecule has 164 valence electrons. The highest BCUT2D eigenvalue weighted by Gasteiger charge is 2.52. The average molecular weight is 492 g/mol. The van der Waals surface area contributed by atoms with Crippen molar-refractivity contribution in [2.24, 2.45) is 0 Å². The maximum Gasteiger partial charge on any atom is 0.475 e. The largest absolute Gasteiger partial charge is 0.475 e. The summed E-state index contributed by atoms with van der Waals surface area (Å²) >= 11 is 3.16. The summed E-state index contributed by atoms with van der Waals surface area (Å²) in [5.41, 5.74) is -1.72. The summed E-state index contributed by atoms with van der Waals surface area (Å²) in [5.74, 6) is -1.71. The van der Waals surface area contributed by atoms with E-state index in [-0.39, 0.29) is 33.0 Å². The number of hydrogen-bond acceptors (Lipinski definition) is 10. The highest BCUT2D eigenvalue weighted by Crippen LogP contribution is 2.51. The first-order chi connectivity index (χ1) is 12.9. The van der Waals surface area contributed by atoms with Gasteiger partial charge in [0.15, 0.2) is 11.6 Å². The van der Waals surface area contributed by atoms with Crippen LogP contribution in [0.15, 0.2) is 0 Å². The molecule has 0 aromatic rings. The first kappa shape index (κ1) is 24.1. The van der Waals surface area contributed by atoms with Gasteiger partial charge in [0.25, 0.3) is 5.54 Å². The fourth-order valence-electron chi connectivity index (χ4n) is 2.42. The molecular formula is C15H27BrNO10P. The highest BCUT2D eigenvalue weighted by molar-refractivity contribution is 9.09. The summed E-state index contributed by atoms with van der Waals surface area (Å²) < 4.78 is 50.6. The molecule has 2 atom stereocenters. The Balaban J connectivity index is 1.99. The van der Waals surface area contributed by atoms with E-state index >= 15 is 0 Å². The van der Waals surface area contributed by atoms with E-state index in [1.54, 1.807) is 27.7 Å². The zero-order chi connectivity index (χ0) is 21.1. The third-order valence-electron chi connectivity index (χ3n) is 4.07. The van der Waals surface area contributed by atoms with Crippen LogP contribution in [0.4, 0.5) is 0 Å². The molecule has 13 heteroatoms. The van der Waals surface area contributed by atoms with E-state index in [0.717, 1.165) is 0 Å². The number of halogens is 1. The Morgan fingerprint density at radius 2 is 1.75 bits per heavy atom. The van der Waals surface area contributed by atoms with Crippen LogP contribution < -0.4 is 0 Å². The summed E-state index contributed by atoms with van der Waals surface area (Å²) in [5, 5.41) is 12.0. The molecule has 2 fully saturated rings. The van der Waals surface area contributed by atoms with E-state index in [2.05, 4.69) is 15.9 Å². The number of nitro groups is 1. The van der Waals surface area contributed by atoms with Crippen molar-refractivity contribution in [2.45, 2.75) is 50.9 Å². The van der Waals surface area contributed by atoms with Gasteiger partial charge in [-0.3, -0.25) is 23.7 Å². The molecule has 0 saturated carbocycles. The van der Waals surface area contributed by atoms with Gasteiger partial charge in [-0.2, -0.15) is 0 Å². The van der Waals surface area contributed by atoms with Gasteiger partial charge in [0.05, 0.1) is 19.8 Å². The van der Waals surface area contributed by atoms with Crippen molar-refractivity contribution in [2.75, 3.05) is 45.0 Å². The minimum Gasteiger partial charge on any atom is -0.348 e. The molecule has 2 aliphatic heterocycles. The Morgan fingerprint density at radius 3 is 2.25 bits per heavy atom. The predicted molar refractivity (Wildman–Crippen MR) is 99.9 cm³/mol. The number of phosphoric acid groups is 1. The first-order valence-corrected chi connectivity index (χ1v) is 11.3. The zero-order valence-electron chi connectivity index (χ0n) is 16.4. The molecule has 2 unspecified atom stereocenters. The van der Waals surface area contributed by atoms with Crippen molar-refractivity contribution in [3.63, 3.8) is 0 Å². The lowest BCUT2D eigenvalue weighted by molar-refractivity contribution is -0.597. The van der Waals surface area contributed by atoms with Gasteiger partial charge in [-0.25, -0.2) is 4.57 Å². The van der Waals surface area contributed by atoms with Gasteiger partial charge in [0.2, 0.25) is 0 Å². The Labute approximate surface area is 172 Å². The van der Waals surface area contributed by atoms with Crippen LogP contribution >= 0.6 is 23.8 Å². The lowest BCUT2D eigenvalue weighted by atomic mass is 10.0. The van der Waals surface area contributed by atoms with E-state index in [9.17, 15) is 14.7 Å². The minimum atomic E-state index is -4.09. The fourth-order valence-corrected chi connectivity index (χ4v) is 4.12. The third kappa shape index (κ3) is 6.68. The van der Waals surface area contributed by atoms with Crippen LogP contribution in [0, 0.1) is 10.1 Å². The van der Waals surface area contributed by atoms with Crippen molar-refractivity contribution in [3.05, 3.63) is 10.1 Å². The van der Waals surface area contributed by atoms with Gasteiger partial charge in [-0.05, 0) is 27.7 Å². The maximum atomic E-state index is 12.9. The summed E-state index contributed by atoms with van der Waals surface area (Å²) in [6.07, 6.45) is -0.467. The first-order valence-electron chi connectivity index (χ1n) is 8.75. The summed E-state index contributed by atoms with van der Waals surface area (Å²) in [7, 11) is -4.09. The highest BCUT2D eigenvalue weighted by atomic mass is 79.9. The smallest absolute Gasteiger partial charge is 0.348 e.